The molecule has 0 atom stereocenters. The fourth-order valence-corrected chi connectivity index (χ4v) is 2.24. The van der Waals surface area contributed by atoms with Crippen molar-refractivity contribution in [3.8, 4) is 17.2 Å². The average molecular weight is 302 g/mol. The summed E-state index contributed by atoms with van der Waals surface area (Å²) in [5.41, 5.74) is -0.828. The molecule has 1 aromatic carbocycles. The number of Topliss-reactive ketones (excluding diaryl/α,β-unsaturated/α-hetero) is 1. The minimum absolute atomic E-state index is 0.137. The van der Waals surface area contributed by atoms with Crippen LogP contribution in [0.4, 0.5) is 0 Å². The van der Waals surface area contributed by atoms with Gasteiger partial charge in [0.15, 0.2) is 11.5 Å². The minimum Gasteiger partial charge on any atom is -0.508 e. The molecule has 7 nitrogen and oxygen atoms in total. The number of benzene rings is 1. The molecule has 1 aliphatic carbocycles. The summed E-state index contributed by atoms with van der Waals surface area (Å²) in [4.78, 5) is 23.6. The van der Waals surface area contributed by atoms with Crippen LogP contribution in [-0.2, 0) is 4.79 Å². The second kappa shape index (κ2) is 4.66. The summed E-state index contributed by atoms with van der Waals surface area (Å²) >= 11 is 0. The molecule has 22 heavy (non-hydrogen) atoms. The van der Waals surface area contributed by atoms with Crippen LogP contribution in [0.15, 0.2) is 39.3 Å². The molecule has 4 N–H and O–H groups in total. The molecule has 1 aromatic heterocycles. The lowest BCUT2D eigenvalue weighted by Gasteiger charge is -2.12. The van der Waals surface area contributed by atoms with Gasteiger partial charge in [0, 0.05) is 24.1 Å². The summed E-state index contributed by atoms with van der Waals surface area (Å²) < 4.78 is 5.36. The second-order valence-corrected chi connectivity index (χ2v) is 4.79. The highest BCUT2D eigenvalue weighted by Gasteiger charge is 2.24. The van der Waals surface area contributed by atoms with E-state index in [9.17, 15) is 30.0 Å². The zero-order valence-electron chi connectivity index (χ0n) is 11.0. The van der Waals surface area contributed by atoms with Gasteiger partial charge in [-0.15, -0.1) is 0 Å². The Morgan fingerprint density at radius 1 is 1.00 bits per heavy atom. The van der Waals surface area contributed by atoms with Crippen molar-refractivity contribution >= 4 is 22.3 Å². The quantitative estimate of drug-likeness (QED) is 0.631. The van der Waals surface area contributed by atoms with E-state index < -0.39 is 28.5 Å². The van der Waals surface area contributed by atoms with Crippen LogP contribution in [0.1, 0.15) is 12.2 Å². The van der Waals surface area contributed by atoms with Crippen molar-refractivity contribution < 1.29 is 29.6 Å². The Bertz CT molecular complexity index is 931. The number of aliphatic hydroxyl groups is 1. The Morgan fingerprint density at radius 2 is 1.73 bits per heavy atom. The number of fused-ring (bicyclic) bond motifs is 1. The first-order valence-corrected chi connectivity index (χ1v) is 6.23. The monoisotopic (exact) mass is 302 g/mol. The maximum atomic E-state index is 12.1. The molecule has 1 heterocycles. The van der Waals surface area contributed by atoms with E-state index in [0.717, 1.165) is 18.2 Å². The Balaban J connectivity index is 2.31. The van der Waals surface area contributed by atoms with E-state index in [1.165, 1.54) is 6.08 Å². The van der Waals surface area contributed by atoms with Gasteiger partial charge in [-0.2, -0.15) is 0 Å². The van der Waals surface area contributed by atoms with Crippen molar-refractivity contribution in [3.63, 3.8) is 0 Å². The zero-order valence-corrected chi connectivity index (χ0v) is 11.0. The summed E-state index contributed by atoms with van der Waals surface area (Å²) in [5.74, 6) is -2.88. The van der Waals surface area contributed by atoms with Gasteiger partial charge >= 0.3 is 0 Å². The molecule has 0 fully saturated rings. The van der Waals surface area contributed by atoms with Crippen LogP contribution < -0.4 is 5.43 Å². The third-order valence-electron chi connectivity index (χ3n) is 3.31. The van der Waals surface area contributed by atoms with Gasteiger partial charge in [-0.25, -0.2) is 0 Å². The molecule has 1 aliphatic rings. The van der Waals surface area contributed by atoms with E-state index in [-0.39, 0.29) is 34.5 Å². The van der Waals surface area contributed by atoms with Crippen LogP contribution in [0.3, 0.4) is 0 Å². The van der Waals surface area contributed by atoms with Crippen LogP contribution in [0.2, 0.25) is 0 Å². The maximum absolute atomic E-state index is 12.1. The van der Waals surface area contributed by atoms with Gasteiger partial charge in [0.25, 0.3) is 0 Å². The number of aromatic hydroxyl groups is 3. The Morgan fingerprint density at radius 3 is 2.41 bits per heavy atom. The lowest BCUT2D eigenvalue weighted by molar-refractivity contribution is -0.117. The van der Waals surface area contributed by atoms with Crippen LogP contribution in [-0.4, -0.2) is 26.2 Å². The highest BCUT2D eigenvalue weighted by Crippen LogP contribution is 2.35. The van der Waals surface area contributed by atoms with E-state index in [4.69, 9.17) is 4.42 Å². The normalized spacial score (nSPS) is 14.8. The maximum Gasteiger partial charge on any atom is 0.238 e. The van der Waals surface area contributed by atoms with Gasteiger partial charge in [-0.1, -0.05) is 6.08 Å². The minimum atomic E-state index is -0.888. The van der Waals surface area contributed by atoms with Crippen molar-refractivity contribution in [1.29, 1.82) is 0 Å². The number of allylic oxidation sites excluding steroid dienone is 4. The molecule has 0 bridgehead atoms. The molecule has 0 amide bonds. The van der Waals surface area contributed by atoms with E-state index in [0.29, 0.717) is 0 Å². The molecule has 3 rings (SSSR count). The van der Waals surface area contributed by atoms with Gasteiger partial charge in [0.2, 0.25) is 17.0 Å². The van der Waals surface area contributed by atoms with Gasteiger partial charge in [-0.3, -0.25) is 9.59 Å². The molecule has 112 valence electrons. The van der Waals surface area contributed by atoms with E-state index in [1.54, 1.807) is 0 Å². The molecule has 0 saturated carbocycles. The summed E-state index contributed by atoms with van der Waals surface area (Å²) in [6.07, 6.45) is 2.21. The van der Waals surface area contributed by atoms with Gasteiger partial charge in [0.1, 0.15) is 22.5 Å². The summed E-state index contributed by atoms with van der Waals surface area (Å²) in [6, 6.07) is 2.06. The highest BCUT2D eigenvalue weighted by molar-refractivity contribution is 6.03. The third-order valence-corrected chi connectivity index (χ3v) is 3.31. The van der Waals surface area contributed by atoms with Crippen molar-refractivity contribution in [2.75, 3.05) is 0 Å². The zero-order chi connectivity index (χ0) is 16.0. The van der Waals surface area contributed by atoms with Crippen LogP contribution in [0, 0.1) is 0 Å². The standard InChI is InChI=1S/C15H10O7/c16-7-4-10(19)12-11(5-7)22-15(14(21)13(12)20)6-1-2-8(17)9(18)3-6/h1-2,4-5,16-17,19,21H,3H2. The summed E-state index contributed by atoms with van der Waals surface area (Å²) in [5, 5.41) is 38.1. The topological polar surface area (TPSA) is 128 Å². The Hall–Kier alpha value is -3.22. The molecule has 0 saturated heterocycles. The lowest BCUT2D eigenvalue weighted by Crippen LogP contribution is -2.09. The van der Waals surface area contributed by atoms with E-state index >= 15 is 0 Å². The van der Waals surface area contributed by atoms with Crippen molar-refractivity contribution in [2.45, 2.75) is 6.42 Å². The second-order valence-electron chi connectivity index (χ2n) is 4.79. The summed E-state index contributed by atoms with van der Waals surface area (Å²) in [6.45, 7) is 0. The number of carbonyl (C=O) groups is 1. The first-order valence-electron chi connectivity index (χ1n) is 6.23. The van der Waals surface area contributed by atoms with Crippen molar-refractivity contribution in [1.82, 2.24) is 0 Å². The molecule has 7 heteroatoms. The first kappa shape index (κ1) is 13.7. The van der Waals surface area contributed by atoms with Crippen LogP contribution in [0.5, 0.6) is 17.2 Å². The summed E-state index contributed by atoms with van der Waals surface area (Å²) in [7, 11) is 0. The fourth-order valence-electron chi connectivity index (χ4n) is 2.24. The van der Waals surface area contributed by atoms with Gasteiger partial charge < -0.3 is 24.8 Å². The molecule has 0 unspecified atom stereocenters. The molecule has 0 aliphatic heterocycles. The lowest BCUT2D eigenvalue weighted by atomic mass is 9.99. The molecular weight excluding hydrogens is 292 g/mol. The molecule has 0 spiro atoms. The number of rotatable bonds is 1. The Kier molecular flexibility index (Phi) is 2.91. The number of carbonyl (C=O) groups excluding carboxylic acids is 1. The smallest absolute Gasteiger partial charge is 0.238 e. The number of ketones is 1. The van der Waals surface area contributed by atoms with Crippen LogP contribution in [0.25, 0.3) is 16.5 Å². The molecule has 2 aromatic rings. The number of phenols is 2. The first-order chi connectivity index (χ1) is 10.4. The predicted molar refractivity (Wildman–Crippen MR) is 75.8 cm³/mol. The van der Waals surface area contributed by atoms with E-state index in [2.05, 4.69) is 0 Å². The van der Waals surface area contributed by atoms with Crippen LogP contribution >= 0.6 is 0 Å². The van der Waals surface area contributed by atoms with Gasteiger partial charge in [0.05, 0.1) is 0 Å². The highest BCUT2D eigenvalue weighted by atomic mass is 16.4. The Labute approximate surface area is 122 Å². The number of hydrogen-bond acceptors (Lipinski definition) is 7. The van der Waals surface area contributed by atoms with Crippen molar-refractivity contribution in [3.05, 3.63) is 46.0 Å². The van der Waals surface area contributed by atoms with Crippen molar-refractivity contribution in [2.24, 2.45) is 0 Å². The molecular formula is C15H10O7. The van der Waals surface area contributed by atoms with Gasteiger partial charge in [-0.05, 0) is 6.08 Å². The third kappa shape index (κ3) is 1.99. The number of hydrogen-bond donors (Lipinski definition) is 4. The number of phenolic OH excluding ortho intramolecular Hbond substituents is 2. The fraction of sp³-hybridized carbons (Fsp3) is 0.0667. The largest absolute Gasteiger partial charge is 0.508 e. The number of aliphatic hydroxyl groups excluding tert-OH is 1. The van der Waals surface area contributed by atoms with E-state index in [1.807, 2.05) is 0 Å². The average Bonchev–Trinajstić information content (AvgIpc) is 2.45. The predicted octanol–water partition coefficient (Wildman–Crippen LogP) is 1.71. The SMILES string of the molecule is O=C1CC(c2oc3cc(O)cc(O)c3c(=O)c2O)=CC=C1O. The molecule has 0 radical (unpaired) electrons.